The zero-order chi connectivity index (χ0) is 27.8. The van der Waals surface area contributed by atoms with Crippen molar-refractivity contribution in [1.82, 2.24) is 15.3 Å². The second kappa shape index (κ2) is 12.9. The molecular formula is C31H36N5O3+. The number of fused-ring (bicyclic) bond motifs is 1. The second-order valence-electron chi connectivity index (χ2n) is 9.86. The largest absolute Gasteiger partial charge is 0.497 e. The van der Waals surface area contributed by atoms with Gasteiger partial charge in [0.2, 0.25) is 5.91 Å². The van der Waals surface area contributed by atoms with Gasteiger partial charge in [0.15, 0.2) is 5.69 Å². The number of hydrogen-bond donors (Lipinski definition) is 3. The van der Waals surface area contributed by atoms with Crippen LogP contribution in [0.3, 0.4) is 0 Å². The first-order valence-corrected chi connectivity index (χ1v) is 13.5. The second-order valence-corrected chi connectivity index (χ2v) is 9.86. The Morgan fingerprint density at radius 3 is 2.74 bits per heavy atom. The van der Waals surface area contributed by atoms with Gasteiger partial charge >= 0.3 is 0 Å². The topological polar surface area (TPSA) is 125 Å². The van der Waals surface area contributed by atoms with Gasteiger partial charge in [-0.1, -0.05) is 31.9 Å². The number of nitriles is 1. The van der Waals surface area contributed by atoms with Gasteiger partial charge in [0, 0.05) is 35.0 Å². The monoisotopic (exact) mass is 526 g/mol. The number of ether oxygens (including phenoxy) is 1. The van der Waals surface area contributed by atoms with Crippen molar-refractivity contribution in [2.24, 2.45) is 0 Å². The Balaban J connectivity index is 1.51. The molecule has 1 amide bonds. The van der Waals surface area contributed by atoms with E-state index in [2.05, 4.69) is 26.3 Å². The van der Waals surface area contributed by atoms with Crippen molar-refractivity contribution in [3.63, 3.8) is 0 Å². The fourth-order valence-electron chi connectivity index (χ4n) is 4.90. The number of nitrogens with one attached hydrogen (secondary N) is 4. The van der Waals surface area contributed by atoms with Gasteiger partial charge in [-0.15, -0.1) is 0 Å². The lowest BCUT2D eigenvalue weighted by atomic mass is 10.0. The molecule has 202 valence electrons. The molecule has 8 heteroatoms. The van der Waals surface area contributed by atoms with Gasteiger partial charge in [-0.2, -0.15) is 5.26 Å². The number of amides is 1. The summed E-state index contributed by atoms with van der Waals surface area (Å²) in [6.45, 7) is 3.87. The highest BCUT2D eigenvalue weighted by molar-refractivity contribution is 5.91. The van der Waals surface area contributed by atoms with Crippen LogP contribution in [-0.4, -0.2) is 28.8 Å². The van der Waals surface area contributed by atoms with Crippen LogP contribution in [0.4, 0.5) is 0 Å². The van der Waals surface area contributed by atoms with Crippen LogP contribution in [0.1, 0.15) is 74.1 Å². The van der Waals surface area contributed by atoms with Crippen LogP contribution in [0.5, 0.6) is 5.75 Å². The minimum absolute atomic E-state index is 0.0796. The van der Waals surface area contributed by atoms with E-state index in [1.165, 1.54) is 0 Å². The molecule has 2 heterocycles. The molecule has 39 heavy (non-hydrogen) atoms. The van der Waals surface area contributed by atoms with Crippen molar-refractivity contribution in [2.75, 3.05) is 7.11 Å². The van der Waals surface area contributed by atoms with Gasteiger partial charge in [0.25, 0.3) is 5.82 Å². The number of unbranched alkanes of at least 4 members (excludes halogenated alkanes) is 2. The first kappa shape index (κ1) is 27.6. The van der Waals surface area contributed by atoms with E-state index in [-0.39, 0.29) is 24.2 Å². The summed E-state index contributed by atoms with van der Waals surface area (Å²) in [5, 5.41) is 13.5. The summed E-state index contributed by atoms with van der Waals surface area (Å²) < 4.78 is 5.39. The molecule has 8 nitrogen and oxygen atoms in total. The molecule has 2 aromatic heterocycles. The Bertz CT molecular complexity index is 1490. The lowest BCUT2D eigenvalue weighted by Gasteiger charge is -2.14. The van der Waals surface area contributed by atoms with Crippen molar-refractivity contribution in [3.05, 3.63) is 71.3 Å². The molecule has 0 aliphatic rings. The first-order chi connectivity index (χ1) is 18.9. The van der Waals surface area contributed by atoms with Gasteiger partial charge < -0.3 is 15.0 Å². The predicted molar refractivity (Wildman–Crippen MR) is 150 cm³/mol. The number of nitrogens with zero attached hydrogens (tertiary/aromatic N) is 1. The number of H-pyrrole nitrogens is 3. The molecule has 0 aliphatic heterocycles. The molecule has 4 aromatic rings. The number of rotatable bonds is 13. The third kappa shape index (κ3) is 6.94. The minimum Gasteiger partial charge on any atom is -0.497 e. The molecule has 0 fully saturated rings. The number of Topliss-reactive ketones (excluding diaryl/α,β-unsaturated/α-hetero) is 1. The molecule has 0 spiro atoms. The zero-order valence-electron chi connectivity index (χ0n) is 22.8. The maximum atomic E-state index is 13.4. The van der Waals surface area contributed by atoms with Crippen molar-refractivity contribution < 1.29 is 19.3 Å². The Labute approximate surface area is 228 Å². The van der Waals surface area contributed by atoms with E-state index in [1.54, 1.807) is 13.2 Å². The summed E-state index contributed by atoms with van der Waals surface area (Å²) >= 11 is 0. The smallest absolute Gasteiger partial charge is 0.275 e. The van der Waals surface area contributed by atoms with Gasteiger partial charge in [0.1, 0.15) is 23.8 Å². The number of ketones is 1. The predicted octanol–water partition coefficient (Wildman–Crippen LogP) is 5.50. The third-order valence-electron chi connectivity index (χ3n) is 7.13. The minimum atomic E-state index is -0.257. The van der Waals surface area contributed by atoms with E-state index in [1.807, 2.05) is 56.4 Å². The van der Waals surface area contributed by atoms with E-state index < -0.39 is 0 Å². The van der Waals surface area contributed by atoms with E-state index in [4.69, 9.17) is 4.74 Å². The first-order valence-electron chi connectivity index (χ1n) is 13.5. The number of hydrogen-bond acceptors (Lipinski definition) is 4. The van der Waals surface area contributed by atoms with E-state index >= 15 is 0 Å². The van der Waals surface area contributed by atoms with E-state index in [0.717, 1.165) is 70.7 Å². The Hall–Kier alpha value is -4.38. The standard InChI is InChI=1S/C31H35N5O3/c1-4-23(37)11-6-5-7-12-28(31-33-19-29(36-31)22-10-8-9-21(15-22)18-32)35-30(38)17-25-20(2)34-27-14-13-24(39-3)16-26(25)27/h8-10,13-16,19,28,34H,4-7,11-12,17H2,1-3H3,(H,33,36)(H,35,38)/p+1/t28-/m0/s1. The molecule has 2 aromatic carbocycles. The fourth-order valence-corrected chi connectivity index (χ4v) is 4.90. The quantitative estimate of drug-likeness (QED) is 0.199. The number of carbonyl (C=O) groups excluding carboxylic acids is 2. The van der Waals surface area contributed by atoms with Crippen molar-refractivity contribution in [3.8, 4) is 23.1 Å². The number of methoxy groups -OCH3 is 1. The number of aromatic amines is 3. The SMILES string of the molecule is CCC(=O)CCCCC[C@H](NC(=O)Cc1c(C)[nH]c2ccc(OC)cc12)c1[nH]c(-c2cccc(C#N)c2)c[nH+]1. The molecule has 0 aliphatic carbocycles. The number of imidazole rings is 1. The molecule has 0 unspecified atom stereocenters. The highest BCUT2D eigenvalue weighted by atomic mass is 16.5. The Morgan fingerprint density at radius 1 is 1.13 bits per heavy atom. The highest BCUT2D eigenvalue weighted by Crippen LogP contribution is 2.27. The van der Waals surface area contributed by atoms with Crippen LogP contribution < -0.4 is 15.0 Å². The van der Waals surface area contributed by atoms with Crippen molar-refractivity contribution in [2.45, 2.75) is 64.8 Å². The molecule has 4 rings (SSSR count). The molecule has 0 saturated heterocycles. The summed E-state index contributed by atoms with van der Waals surface area (Å²) in [4.78, 5) is 35.1. The molecule has 0 saturated carbocycles. The molecular weight excluding hydrogens is 490 g/mol. The third-order valence-corrected chi connectivity index (χ3v) is 7.13. The molecule has 0 radical (unpaired) electrons. The number of carbonyl (C=O) groups is 2. The summed E-state index contributed by atoms with van der Waals surface area (Å²) in [6.07, 6.45) is 6.63. The summed E-state index contributed by atoms with van der Waals surface area (Å²) in [7, 11) is 1.63. The molecule has 0 bridgehead atoms. The summed E-state index contributed by atoms with van der Waals surface area (Å²) in [5.41, 5.74) is 5.19. The van der Waals surface area contributed by atoms with Crippen LogP contribution in [0, 0.1) is 18.3 Å². The van der Waals surface area contributed by atoms with Crippen LogP contribution in [0.2, 0.25) is 0 Å². The number of benzene rings is 2. The van der Waals surface area contributed by atoms with Gasteiger partial charge in [-0.25, -0.2) is 9.97 Å². The van der Waals surface area contributed by atoms with E-state index in [9.17, 15) is 14.9 Å². The van der Waals surface area contributed by atoms with Gasteiger partial charge in [0.05, 0.1) is 25.2 Å². The van der Waals surface area contributed by atoms with Crippen molar-refractivity contribution in [1.29, 1.82) is 5.26 Å². The van der Waals surface area contributed by atoms with Gasteiger partial charge in [-0.3, -0.25) is 9.59 Å². The average molecular weight is 527 g/mol. The van der Waals surface area contributed by atoms with Crippen LogP contribution in [0.25, 0.3) is 22.2 Å². The van der Waals surface area contributed by atoms with Crippen LogP contribution >= 0.6 is 0 Å². The highest BCUT2D eigenvalue weighted by Gasteiger charge is 2.24. The maximum absolute atomic E-state index is 13.4. The Morgan fingerprint density at radius 2 is 1.97 bits per heavy atom. The fraction of sp³-hybridized carbons (Fsp3) is 0.355. The molecule has 4 N–H and O–H groups in total. The lowest BCUT2D eigenvalue weighted by Crippen LogP contribution is -2.33. The van der Waals surface area contributed by atoms with Crippen LogP contribution in [0.15, 0.2) is 48.7 Å². The number of aryl methyl sites for hydroxylation is 1. The number of aromatic nitrogens is 3. The van der Waals surface area contributed by atoms with Crippen molar-refractivity contribution >= 4 is 22.6 Å². The van der Waals surface area contributed by atoms with E-state index in [0.29, 0.717) is 18.4 Å². The lowest BCUT2D eigenvalue weighted by molar-refractivity contribution is -0.391. The zero-order valence-corrected chi connectivity index (χ0v) is 22.8. The normalized spacial score (nSPS) is 11.7. The average Bonchev–Trinajstić information content (AvgIpc) is 3.56. The Kier molecular flexibility index (Phi) is 9.16. The van der Waals surface area contributed by atoms with Gasteiger partial charge in [-0.05, 0) is 55.7 Å². The maximum Gasteiger partial charge on any atom is 0.275 e. The van der Waals surface area contributed by atoms with Crippen LogP contribution in [-0.2, 0) is 16.0 Å². The summed E-state index contributed by atoms with van der Waals surface area (Å²) in [6, 6.07) is 15.1. The molecule has 1 atom stereocenters. The summed E-state index contributed by atoms with van der Waals surface area (Å²) in [5.74, 6) is 1.75.